The van der Waals surface area contributed by atoms with Crippen LogP contribution in [-0.4, -0.2) is 52.2 Å². The first kappa shape index (κ1) is 25.1. The molecule has 1 heterocycles. The number of thioether (sulfide) groups is 1. The number of benzene rings is 2. The molecule has 1 atom stereocenters. The first-order chi connectivity index (χ1) is 15.7. The quantitative estimate of drug-likeness (QED) is 0.318. The third-order valence-electron chi connectivity index (χ3n) is 4.83. The molecule has 1 amide bonds. The summed E-state index contributed by atoms with van der Waals surface area (Å²) in [5, 5.41) is 9.72. The van der Waals surface area contributed by atoms with Crippen molar-refractivity contribution in [2.75, 3.05) is 12.8 Å². The number of hydrogen-bond donors (Lipinski definition) is 2. The second kappa shape index (κ2) is 11.0. The van der Waals surface area contributed by atoms with Gasteiger partial charge in [0.05, 0.1) is 10.6 Å². The minimum atomic E-state index is -4.03. The Morgan fingerprint density at radius 2 is 1.82 bits per heavy atom. The molecule has 0 saturated carbocycles. The summed E-state index contributed by atoms with van der Waals surface area (Å²) in [5.74, 6) is 1.54. The Morgan fingerprint density at radius 1 is 1.21 bits per heavy atom. The largest absolute Gasteiger partial charge is 0.457 e. The third-order valence-corrected chi connectivity index (χ3v) is 7.98. The number of nitrogens with zero attached hydrogens (tertiary/aromatic N) is 3. The smallest absolute Gasteiger partial charge is 0.262 e. The first-order valence-corrected chi connectivity index (χ1v) is 12.7. The zero-order chi connectivity index (χ0) is 24.0. The number of carbonyl (C=O) groups excluding carboxylic acids is 1. The molecule has 0 aliphatic carbocycles. The van der Waals surface area contributed by atoms with E-state index in [1.165, 1.54) is 43.1 Å². The highest BCUT2D eigenvalue weighted by atomic mass is 35.5. The molecule has 33 heavy (non-hydrogen) atoms. The topological polar surface area (TPSA) is 114 Å². The molecule has 3 aromatic rings. The normalized spacial score (nSPS) is 12.5. The molecular weight excluding hydrogens is 488 g/mol. The van der Waals surface area contributed by atoms with Crippen LogP contribution in [-0.2, 0) is 27.6 Å². The van der Waals surface area contributed by atoms with Gasteiger partial charge in [0, 0.05) is 37.3 Å². The second-order valence-electron chi connectivity index (χ2n) is 7.01. The summed E-state index contributed by atoms with van der Waals surface area (Å²) in [5.41, 5.74) is 1.56. The van der Waals surface area contributed by atoms with Gasteiger partial charge in [0.15, 0.2) is 0 Å². The standard InChI is InChI=1S/C21H23ClN4O5S2/c1-25-12-11-23-20(25)14-32-13-19(21(27)24-28)26(2)33(29,30)18-9-7-17(8-10-18)31-16-5-3-15(22)4-6-16/h3-12,19,28H,13-14H2,1-2H3,(H,24,27). The van der Waals surface area contributed by atoms with Crippen LogP contribution in [0.25, 0.3) is 0 Å². The zero-order valence-electron chi connectivity index (χ0n) is 17.9. The number of hydrogen-bond acceptors (Lipinski definition) is 7. The highest BCUT2D eigenvalue weighted by molar-refractivity contribution is 7.98. The van der Waals surface area contributed by atoms with Gasteiger partial charge in [0.25, 0.3) is 5.91 Å². The van der Waals surface area contributed by atoms with Gasteiger partial charge in [0.2, 0.25) is 10.0 Å². The zero-order valence-corrected chi connectivity index (χ0v) is 20.3. The van der Waals surface area contributed by atoms with Gasteiger partial charge in [-0.1, -0.05) is 11.6 Å². The molecule has 0 radical (unpaired) electrons. The van der Waals surface area contributed by atoms with Gasteiger partial charge in [-0.25, -0.2) is 18.9 Å². The summed E-state index contributed by atoms with van der Waals surface area (Å²) in [7, 11) is -0.881. The van der Waals surface area contributed by atoms with Crippen molar-refractivity contribution in [3.63, 3.8) is 0 Å². The van der Waals surface area contributed by atoms with Crippen LogP contribution in [0.4, 0.5) is 0 Å². The van der Waals surface area contributed by atoms with Crippen molar-refractivity contribution in [2.24, 2.45) is 7.05 Å². The number of aromatic nitrogens is 2. The molecule has 0 bridgehead atoms. The van der Waals surface area contributed by atoms with Crippen molar-refractivity contribution in [1.29, 1.82) is 0 Å². The Kier molecular flexibility index (Phi) is 8.38. The molecule has 2 N–H and O–H groups in total. The highest BCUT2D eigenvalue weighted by Gasteiger charge is 2.33. The number of sulfonamides is 1. The number of imidazole rings is 1. The number of ether oxygens (including phenoxy) is 1. The average Bonchev–Trinajstić information content (AvgIpc) is 3.22. The van der Waals surface area contributed by atoms with Crippen molar-refractivity contribution in [3.8, 4) is 11.5 Å². The molecule has 12 heteroatoms. The van der Waals surface area contributed by atoms with Gasteiger partial charge in [-0.2, -0.15) is 16.1 Å². The van der Waals surface area contributed by atoms with E-state index in [0.29, 0.717) is 22.3 Å². The first-order valence-electron chi connectivity index (χ1n) is 9.72. The van der Waals surface area contributed by atoms with E-state index in [2.05, 4.69) is 4.98 Å². The predicted molar refractivity (Wildman–Crippen MR) is 126 cm³/mol. The Balaban J connectivity index is 1.71. The van der Waals surface area contributed by atoms with E-state index in [0.717, 1.165) is 10.1 Å². The van der Waals surface area contributed by atoms with Crippen molar-refractivity contribution < 1.29 is 23.2 Å². The van der Waals surface area contributed by atoms with Gasteiger partial charge < -0.3 is 9.30 Å². The van der Waals surface area contributed by atoms with Gasteiger partial charge in [-0.15, -0.1) is 0 Å². The monoisotopic (exact) mass is 510 g/mol. The number of nitrogens with one attached hydrogen (secondary N) is 1. The molecular formula is C21H23ClN4O5S2. The molecule has 0 aliphatic rings. The third kappa shape index (κ3) is 6.27. The van der Waals surface area contributed by atoms with Crippen LogP contribution in [0, 0.1) is 0 Å². The fourth-order valence-electron chi connectivity index (χ4n) is 2.87. The highest BCUT2D eigenvalue weighted by Crippen LogP contribution is 2.26. The van der Waals surface area contributed by atoms with Gasteiger partial charge in [-0.3, -0.25) is 10.0 Å². The summed E-state index contributed by atoms with van der Waals surface area (Å²) in [6.45, 7) is 0. The molecule has 9 nitrogen and oxygen atoms in total. The van der Waals surface area contributed by atoms with E-state index in [1.54, 1.807) is 42.1 Å². The Hall–Kier alpha value is -2.57. The van der Waals surface area contributed by atoms with Crippen LogP contribution in [0.1, 0.15) is 5.82 Å². The average molecular weight is 511 g/mol. The van der Waals surface area contributed by atoms with Crippen LogP contribution in [0.3, 0.4) is 0 Å². The molecule has 1 aromatic heterocycles. The number of aryl methyl sites for hydroxylation is 1. The maximum Gasteiger partial charge on any atom is 0.262 e. The van der Waals surface area contributed by atoms with Crippen LogP contribution >= 0.6 is 23.4 Å². The lowest BCUT2D eigenvalue weighted by Gasteiger charge is -2.25. The molecule has 0 aliphatic heterocycles. The Labute approximate surface area is 201 Å². The van der Waals surface area contributed by atoms with Gasteiger partial charge in [0.1, 0.15) is 23.4 Å². The molecule has 0 spiro atoms. The molecule has 2 aromatic carbocycles. The summed E-state index contributed by atoms with van der Waals surface area (Å²) in [6, 6.07) is 11.5. The maximum absolute atomic E-state index is 13.1. The van der Waals surface area contributed by atoms with Crippen LogP contribution < -0.4 is 10.2 Å². The number of amides is 1. The second-order valence-corrected chi connectivity index (χ2v) is 10.5. The van der Waals surface area contributed by atoms with Crippen LogP contribution in [0.2, 0.25) is 5.02 Å². The van der Waals surface area contributed by atoms with E-state index < -0.39 is 22.0 Å². The lowest BCUT2D eigenvalue weighted by molar-refractivity contribution is -0.132. The fraction of sp³-hybridized carbons (Fsp3) is 0.238. The van der Waals surface area contributed by atoms with E-state index in [9.17, 15) is 13.2 Å². The summed E-state index contributed by atoms with van der Waals surface area (Å²) >= 11 is 7.19. The summed E-state index contributed by atoms with van der Waals surface area (Å²) in [4.78, 5) is 16.4. The van der Waals surface area contributed by atoms with Crippen LogP contribution in [0.5, 0.6) is 11.5 Å². The van der Waals surface area contributed by atoms with E-state index >= 15 is 0 Å². The maximum atomic E-state index is 13.1. The van der Waals surface area contributed by atoms with Crippen molar-refractivity contribution >= 4 is 39.3 Å². The minimum Gasteiger partial charge on any atom is -0.457 e. The SMILES string of the molecule is CN(C(CSCc1nccn1C)C(=O)NO)S(=O)(=O)c1ccc(Oc2ccc(Cl)cc2)cc1. The minimum absolute atomic E-state index is 0.0155. The van der Waals surface area contributed by atoms with E-state index in [-0.39, 0.29) is 10.6 Å². The molecule has 1 unspecified atom stereocenters. The van der Waals surface area contributed by atoms with Crippen LogP contribution in [0.15, 0.2) is 65.8 Å². The summed E-state index contributed by atoms with van der Waals surface area (Å²) < 4.78 is 34.7. The Bertz CT molecular complexity index is 1180. The van der Waals surface area contributed by atoms with Gasteiger partial charge >= 0.3 is 0 Å². The number of likely N-dealkylation sites (N-methyl/N-ethyl adjacent to an activating group) is 1. The number of halogens is 1. The lowest BCUT2D eigenvalue weighted by Crippen LogP contribution is -2.48. The van der Waals surface area contributed by atoms with E-state index in [4.69, 9.17) is 21.5 Å². The fourth-order valence-corrected chi connectivity index (χ4v) is 5.58. The van der Waals surface area contributed by atoms with Crippen molar-refractivity contribution in [2.45, 2.75) is 16.7 Å². The number of rotatable bonds is 10. The number of carbonyl (C=O) groups is 1. The van der Waals surface area contributed by atoms with Gasteiger partial charge in [-0.05, 0) is 48.5 Å². The van der Waals surface area contributed by atoms with Crippen molar-refractivity contribution in [3.05, 3.63) is 71.8 Å². The molecule has 176 valence electrons. The lowest BCUT2D eigenvalue weighted by atomic mass is 10.3. The Morgan fingerprint density at radius 3 is 2.36 bits per heavy atom. The molecule has 0 saturated heterocycles. The molecule has 3 rings (SSSR count). The predicted octanol–water partition coefficient (Wildman–Crippen LogP) is 3.29. The number of hydroxylamine groups is 1. The van der Waals surface area contributed by atoms with Crippen molar-refractivity contribution in [1.82, 2.24) is 19.3 Å². The summed E-state index contributed by atoms with van der Waals surface area (Å²) in [6.07, 6.45) is 3.45. The van der Waals surface area contributed by atoms with E-state index in [1.807, 2.05) is 11.6 Å². The molecule has 0 fully saturated rings.